The number of ketones is 1. The molecule has 1 aromatic rings. The monoisotopic (exact) mass is 430 g/mol. The molecular formula is C29H34O3. The second-order valence-electron chi connectivity index (χ2n) is 10.3. The van der Waals surface area contributed by atoms with Gasteiger partial charge in [-0.1, -0.05) is 37.5 Å². The summed E-state index contributed by atoms with van der Waals surface area (Å²) in [6.45, 7) is 7.31. The van der Waals surface area contributed by atoms with Crippen molar-refractivity contribution in [2.75, 3.05) is 6.79 Å². The molecule has 5 atom stereocenters. The van der Waals surface area contributed by atoms with Gasteiger partial charge in [0.25, 0.3) is 0 Å². The first-order chi connectivity index (χ1) is 15.5. The summed E-state index contributed by atoms with van der Waals surface area (Å²) < 4.78 is 10.2. The lowest BCUT2D eigenvalue weighted by atomic mass is 9.53. The first-order valence-electron chi connectivity index (χ1n) is 12.2. The molecule has 168 valence electrons. The van der Waals surface area contributed by atoms with E-state index in [1.54, 1.807) is 11.1 Å². The molecule has 2 fully saturated rings. The summed E-state index contributed by atoms with van der Waals surface area (Å²) in [6, 6.07) is 7.63. The lowest BCUT2D eigenvalue weighted by molar-refractivity contribution is -0.114. The highest BCUT2D eigenvalue weighted by Gasteiger charge is 2.55. The highest BCUT2D eigenvalue weighted by Crippen LogP contribution is 2.63. The maximum Gasteiger partial charge on any atom is 0.231 e. The molecule has 4 aliphatic carbocycles. The Kier molecular flexibility index (Phi) is 5.66. The fourth-order valence-corrected chi connectivity index (χ4v) is 7.33. The minimum atomic E-state index is 0.343. The molecular weight excluding hydrogens is 396 g/mol. The SMILES string of the molecule is CC#CC1CCC2C3CCC4=CC(=O)CCC4=C3C(C)CC12C.c1ccc2c(c1)OCO2. The Morgan fingerprint density at radius 2 is 1.78 bits per heavy atom. The van der Waals surface area contributed by atoms with Gasteiger partial charge in [0.15, 0.2) is 17.3 Å². The maximum absolute atomic E-state index is 11.8. The minimum Gasteiger partial charge on any atom is -0.454 e. The van der Waals surface area contributed by atoms with Gasteiger partial charge in [-0.15, -0.1) is 5.92 Å². The van der Waals surface area contributed by atoms with Crippen molar-refractivity contribution in [1.82, 2.24) is 0 Å². The van der Waals surface area contributed by atoms with Gasteiger partial charge in [0.05, 0.1) is 0 Å². The van der Waals surface area contributed by atoms with Crippen molar-refractivity contribution in [3.05, 3.63) is 47.1 Å². The van der Waals surface area contributed by atoms with Crippen molar-refractivity contribution < 1.29 is 14.3 Å². The van der Waals surface area contributed by atoms with Crippen LogP contribution in [0, 0.1) is 40.9 Å². The largest absolute Gasteiger partial charge is 0.454 e. The molecule has 1 heterocycles. The number of rotatable bonds is 0. The average Bonchev–Trinajstić information content (AvgIpc) is 3.38. The Morgan fingerprint density at radius 3 is 2.50 bits per heavy atom. The van der Waals surface area contributed by atoms with E-state index in [-0.39, 0.29) is 0 Å². The number of benzene rings is 1. The van der Waals surface area contributed by atoms with Crippen molar-refractivity contribution in [2.45, 2.75) is 65.7 Å². The van der Waals surface area contributed by atoms with Crippen LogP contribution in [0.5, 0.6) is 11.5 Å². The van der Waals surface area contributed by atoms with E-state index in [1.807, 2.05) is 37.3 Å². The molecule has 5 aliphatic rings. The number of ether oxygens (including phenoxy) is 2. The quantitative estimate of drug-likeness (QED) is 0.441. The van der Waals surface area contributed by atoms with Crippen LogP contribution in [-0.2, 0) is 4.79 Å². The highest BCUT2D eigenvalue weighted by molar-refractivity contribution is 5.93. The lowest BCUT2D eigenvalue weighted by Crippen LogP contribution is -2.43. The topological polar surface area (TPSA) is 35.5 Å². The molecule has 5 unspecified atom stereocenters. The van der Waals surface area contributed by atoms with Gasteiger partial charge in [0.2, 0.25) is 6.79 Å². The van der Waals surface area contributed by atoms with Gasteiger partial charge in [-0.3, -0.25) is 4.79 Å². The third-order valence-corrected chi connectivity index (χ3v) is 8.59. The summed E-state index contributed by atoms with van der Waals surface area (Å²) in [5.74, 6) is 11.6. The second-order valence-corrected chi connectivity index (χ2v) is 10.3. The fourth-order valence-electron chi connectivity index (χ4n) is 7.33. The average molecular weight is 431 g/mol. The van der Waals surface area contributed by atoms with Gasteiger partial charge in [-0.2, -0.15) is 0 Å². The molecule has 3 nitrogen and oxygen atoms in total. The Morgan fingerprint density at radius 1 is 1.03 bits per heavy atom. The van der Waals surface area contributed by atoms with Gasteiger partial charge in [0, 0.05) is 12.3 Å². The molecule has 1 aliphatic heterocycles. The first-order valence-corrected chi connectivity index (χ1v) is 12.2. The van der Waals surface area contributed by atoms with Crippen LogP contribution >= 0.6 is 0 Å². The maximum atomic E-state index is 11.8. The van der Waals surface area contributed by atoms with Crippen LogP contribution in [-0.4, -0.2) is 12.6 Å². The zero-order chi connectivity index (χ0) is 22.3. The van der Waals surface area contributed by atoms with Crippen molar-refractivity contribution in [2.24, 2.45) is 29.1 Å². The standard InChI is InChI=1S/C22H28O.C7H6O2/c1-4-5-16-7-11-20-19-9-6-15-12-17(23)8-10-18(15)21(19)14(2)13-22(16,20)3;1-2-4-7-6(3-1)8-5-9-7/h12,14,16,19-20H,6-11,13H2,1-3H3;1-4H,5H2. The Labute approximate surface area is 192 Å². The molecule has 32 heavy (non-hydrogen) atoms. The number of allylic oxidation sites excluding steroid dienone is 4. The van der Waals surface area contributed by atoms with Crippen molar-refractivity contribution in [3.8, 4) is 23.3 Å². The molecule has 0 N–H and O–H groups in total. The molecule has 0 bridgehead atoms. The Balaban J connectivity index is 0.000000199. The van der Waals surface area contributed by atoms with E-state index >= 15 is 0 Å². The summed E-state index contributed by atoms with van der Waals surface area (Å²) in [6.07, 6.45) is 10.00. The van der Waals surface area contributed by atoms with Gasteiger partial charge in [-0.25, -0.2) is 0 Å². The van der Waals surface area contributed by atoms with E-state index in [2.05, 4.69) is 25.7 Å². The van der Waals surface area contributed by atoms with Crippen LogP contribution in [0.1, 0.15) is 65.7 Å². The van der Waals surface area contributed by atoms with Crippen molar-refractivity contribution in [3.63, 3.8) is 0 Å². The molecule has 1 aromatic carbocycles. The number of carbonyl (C=O) groups is 1. The van der Waals surface area contributed by atoms with Gasteiger partial charge in [0.1, 0.15) is 0 Å². The van der Waals surface area contributed by atoms with Crippen LogP contribution in [0.15, 0.2) is 47.1 Å². The van der Waals surface area contributed by atoms with E-state index in [9.17, 15) is 4.79 Å². The zero-order valence-electron chi connectivity index (χ0n) is 19.6. The van der Waals surface area contributed by atoms with Crippen LogP contribution in [0.3, 0.4) is 0 Å². The minimum absolute atomic E-state index is 0.343. The normalized spacial score (nSPS) is 34.2. The van der Waals surface area contributed by atoms with E-state index in [4.69, 9.17) is 9.47 Å². The van der Waals surface area contributed by atoms with Gasteiger partial charge >= 0.3 is 0 Å². The van der Waals surface area contributed by atoms with E-state index in [1.165, 1.54) is 31.3 Å². The fraction of sp³-hybridized carbons (Fsp3) is 0.552. The predicted octanol–water partition coefficient (Wildman–Crippen LogP) is 6.49. The Hall–Kier alpha value is -2.47. The van der Waals surface area contributed by atoms with Crippen LogP contribution in [0.4, 0.5) is 0 Å². The molecule has 0 aromatic heterocycles. The molecule has 0 saturated heterocycles. The molecule has 0 radical (unpaired) electrons. The Bertz CT molecular complexity index is 1010. The van der Waals surface area contributed by atoms with Gasteiger partial charge in [-0.05, 0) is 98.0 Å². The van der Waals surface area contributed by atoms with Crippen molar-refractivity contribution >= 4 is 5.78 Å². The molecule has 3 heteroatoms. The number of fused-ring (bicyclic) bond motifs is 5. The number of hydrogen-bond donors (Lipinski definition) is 0. The summed E-state index contributed by atoms with van der Waals surface area (Å²) in [7, 11) is 0. The molecule has 2 saturated carbocycles. The summed E-state index contributed by atoms with van der Waals surface area (Å²) in [4.78, 5) is 11.8. The predicted molar refractivity (Wildman–Crippen MR) is 126 cm³/mol. The number of hydrogen-bond acceptors (Lipinski definition) is 3. The van der Waals surface area contributed by atoms with E-state index in [0.29, 0.717) is 29.8 Å². The van der Waals surface area contributed by atoms with Gasteiger partial charge < -0.3 is 9.47 Å². The summed E-state index contributed by atoms with van der Waals surface area (Å²) in [5, 5.41) is 0. The highest BCUT2D eigenvalue weighted by atomic mass is 16.7. The van der Waals surface area contributed by atoms with Crippen LogP contribution < -0.4 is 9.47 Å². The first kappa shape index (κ1) is 21.4. The number of carbonyl (C=O) groups excluding carboxylic acids is 1. The molecule has 0 amide bonds. The zero-order valence-corrected chi connectivity index (χ0v) is 19.6. The lowest BCUT2D eigenvalue weighted by Gasteiger charge is -2.51. The number of para-hydroxylation sites is 2. The summed E-state index contributed by atoms with van der Waals surface area (Å²) >= 11 is 0. The smallest absolute Gasteiger partial charge is 0.231 e. The summed E-state index contributed by atoms with van der Waals surface area (Å²) in [5.41, 5.74) is 5.11. The van der Waals surface area contributed by atoms with E-state index < -0.39 is 0 Å². The van der Waals surface area contributed by atoms with Crippen molar-refractivity contribution in [1.29, 1.82) is 0 Å². The van der Waals surface area contributed by atoms with Crippen LogP contribution in [0.2, 0.25) is 0 Å². The second kappa shape index (κ2) is 8.47. The third-order valence-electron chi connectivity index (χ3n) is 8.59. The molecule has 0 spiro atoms. The van der Waals surface area contributed by atoms with E-state index in [0.717, 1.165) is 42.6 Å². The molecule has 6 rings (SSSR count). The van der Waals surface area contributed by atoms with Crippen LogP contribution in [0.25, 0.3) is 0 Å². The third kappa shape index (κ3) is 3.58.